The summed E-state index contributed by atoms with van der Waals surface area (Å²) in [6, 6.07) is 5.32. The topological polar surface area (TPSA) is 41.6 Å². The van der Waals surface area contributed by atoms with Gasteiger partial charge in [-0.25, -0.2) is 4.39 Å². The van der Waals surface area contributed by atoms with E-state index in [4.69, 9.17) is 4.74 Å². The van der Waals surface area contributed by atoms with Gasteiger partial charge in [0.05, 0.1) is 7.11 Å². The van der Waals surface area contributed by atoms with Crippen molar-refractivity contribution in [1.82, 2.24) is 10.2 Å². The molecular formula is C21H29FN2O2. The Hall–Kier alpha value is -1.62. The lowest BCUT2D eigenvalue weighted by molar-refractivity contribution is -0.145. The molecule has 1 saturated carbocycles. The van der Waals surface area contributed by atoms with Crippen LogP contribution in [0.5, 0.6) is 5.75 Å². The number of piperidine rings is 1. The predicted molar refractivity (Wildman–Crippen MR) is 98.7 cm³/mol. The van der Waals surface area contributed by atoms with Crippen LogP contribution in [0.1, 0.15) is 50.5 Å². The maximum Gasteiger partial charge on any atom is 0.225 e. The quantitative estimate of drug-likeness (QED) is 0.899. The van der Waals surface area contributed by atoms with Gasteiger partial charge >= 0.3 is 0 Å². The number of ether oxygens (including phenoxy) is 1. The van der Waals surface area contributed by atoms with E-state index in [0.29, 0.717) is 11.3 Å². The van der Waals surface area contributed by atoms with Crippen LogP contribution in [-0.4, -0.2) is 43.6 Å². The standard InChI is InChI=1S/C21H29FN2O2/c1-14-17(15-3-4-19(26-2)18(22)11-15)5-10-24(14)20(25)16-12-21(13-16)6-8-23-9-7-21/h3-4,11,14,16-17,23H,5-10,12-13H2,1-2H3. The summed E-state index contributed by atoms with van der Waals surface area (Å²) in [7, 11) is 1.48. The van der Waals surface area contributed by atoms with E-state index < -0.39 is 0 Å². The Morgan fingerprint density at radius 2 is 2.04 bits per heavy atom. The molecule has 1 aromatic carbocycles. The first-order valence-corrected chi connectivity index (χ1v) is 9.88. The minimum Gasteiger partial charge on any atom is -0.494 e. The largest absolute Gasteiger partial charge is 0.494 e. The minimum absolute atomic E-state index is 0.125. The molecule has 2 unspecified atom stereocenters. The van der Waals surface area contributed by atoms with Crippen molar-refractivity contribution in [2.45, 2.75) is 51.0 Å². The number of carbonyl (C=O) groups is 1. The number of rotatable bonds is 3. The summed E-state index contributed by atoms with van der Waals surface area (Å²) < 4.78 is 19.1. The lowest BCUT2D eigenvalue weighted by Gasteiger charge is -2.50. The van der Waals surface area contributed by atoms with Gasteiger partial charge in [-0.3, -0.25) is 4.79 Å². The first-order valence-electron chi connectivity index (χ1n) is 9.88. The van der Waals surface area contributed by atoms with Gasteiger partial charge in [-0.15, -0.1) is 0 Å². The van der Waals surface area contributed by atoms with E-state index in [-0.39, 0.29) is 29.4 Å². The maximum atomic E-state index is 14.1. The van der Waals surface area contributed by atoms with Crippen LogP contribution in [0.15, 0.2) is 18.2 Å². The Balaban J connectivity index is 1.40. The number of nitrogens with zero attached hydrogens (tertiary/aromatic N) is 1. The van der Waals surface area contributed by atoms with Crippen molar-refractivity contribution in [3.63, 3.8) is 0 Å². The smallest absolute Gasteiger partial charge is 0.225 e. The van der Waals surface area contributed by atoms with Crippen molar-refractivity contribution in [3.05, 3.63) is 29.6 Å². The van der Waals surface area contributed by atoms with E-state index >= 15 is 0 Å². The molecule has 1 N–H and O–H groups in total. The van der Waals surface area contributed by atoms with Gasteiger partial charge in [0.15, 0.2) is 11.6 Å². The van der Waals surface area contributed by atoms with E-state index in [2.05, 4.69) is 12.2 Å². The molecule has 1 spiro atoms. The lowest BCUT2D eigenvalue weighted by Crippen LogP contribution is -2.51. The van der Waals surface area contributed by atoms with Crippen LogP contribution in [0.3, 0.4) is 0 Å². The summed E-state index contributed by atoms with van der Waals surface area (Å²) in [6.07, 6.45) is 5.43. The molecule has 0 radical (unpaired) electrons. The van der Waals surface area contributed by atoms with Crippen LogP contribution >= 0.6 is 0 Å². The molecule has 26 heavy (non-hydrogen) atoms. The van der Waals surface area contributed by atoms with Crippen molar-refractivity contribution in [1.29, 1.82) is 0 Å². The lowest BCUT2D eigenvalue weighted by atomic mass is 9.57. The number of benzene rings is 1. The number of amides is 1. The van der Waals surface area contributed by atoms with Crippen molar-refractivity contribution >= 4 is 5.91 Å². The van der Waals surface area contributed by atoms with Gasteiger partial charge < -0.3 is 15.0 Å². The first-order chi connectivity index (χ1) is 12.5. The average Bonchev–Trinajstić information content (AvgIpc) is 3.01. The molecule has 3 aliphatic rings. The molecule has 2 heterocycles. The zero-order valence-electron chi connectivity index (χ0n) is 15.8. The third kappa shape index (κ3) is 3.00. The number of likely N-dealkylation sites (tertiary alicyclic amines) is 1. The number of hydrogen-bond acceptors (Lipinski definition) is 3. The molecule has 2 aliphatic heterocycles. The van der Waals surface area contributed by atoms with Crippen molar-refractivity contribution in [2.75, 3.05) is 26.7 Å². The van der Waals surface area contributed by atoms with Gasteiger partial charge in [-0.1, -0.05) is 6.07 Å². The monoisotopic (exact) mass is 360 g/mol. The molecular weight excluding hydrogens is 331 g/mol. The highest BCUT2D eigenvalue weighted by atomic mass is 19.1. The van der Waals surface area contributed by atoms with Crippen LogP contribution in [0, 0.1) is 17.2 Å². The summed E-state index contributed by atoms with van der Waals surface area (Å²) in [5.41, 5.74) is 1.39. The number of nitrogens with one attached hydrogen (secondary N) is 1. The second kappa shape index (κ2) is 6.84. The van der Waals surface area contributed by atoms with Gasteiger partial charge in [0.1, 0.15) is 0 Å². The van der Waals surface area contributed by atoms with Gasteiger partial charge in [-0.2, -0.15) is 0 Å². The molecule has 1 aliphatic carbocycles. The molecule has 1 amide bonds. The van der Waals surface area contributed by atoms with E-state index in [1.165, 1.54) is 20.0 Å². The summed E-state index contributed by atoms with van der Waals surface area (Å²) in [5, 5.41) is 3.42. The molecule has 2 atom stereocenters. The van der Waals surface area contributed by atoms with Crippen LogP contribution in [0.4, 0.5) is 4.39 Å². The Labute approximate surface area is 155 Å². The van der Waals surface area contributed by atoms with Crippen LogP contribution < -0.4 is 10.1 Å². The highest BCUT2D eigenvalue weighted by molar-refractivity contribution is 5.80. The Morgan fingerprint density at radius 1 is 1.31 bits per heavy atom. The van der Waals surface area contributed by atoms with Crippen molar-refractivity contribution in [2.24, 2.45) is 11.3 Å². The fraction of sp³-hybridized carbons (Fsp3) is 0.667. The summed E-state index contributed by atoms with van der Waals surface area (Å²) in [6.45, 7) is 5.07. The highest BCUT2D eigenvalue weighted by Gasteiger charge is 2.49. The van der Waals surface area contributed by atoms with Crippen molar-refractivity contribution in [3.8, 4) is 5.75 Å². The van der Waals surface area contributed by atoms with Crippen LogP contribution in [0.2, 0.25) is 0 Å². The molecule has 142 valence electrons. The Morgan fingerprint density at radius 3 is 2.69 bits per heavy atom. The molecule has 3 fully saturated rings. The highest BCUT2D eigenvalue weighted by Crippen LogP contribution is 2.52. The Kier molecular flexibility index (Phi) is 4.68. The number of methoxy groups -OCH3 is 1. The fourth-order valence-corrected chi connectivity index (χ4v) is 5.37. The third-order valence-electron chi connectivity index (χ3n) is 7.01. The van der Waals surface area contributed by atoms with Gasteiger partial charge in [0.25, 0.3) is 0 Å². The average molecular weight is 360 g/mol. The molecule has 2 saturated heterocycles. The predicted octanol–water partition coefficient (Wildman–Crippen LogP) is 3.32. The SMILES string of the molecule is COc1ccc(C2CCN(C(=O)C3CC4(CCNCC4)C3)C2C)cc1F. The van der Waals surface area contributed by atoms with E-state index in [9.17, 15) is 9.18 Å². The third-order valence-corrected chi connectivity index (χ3v) is 7.01. The van der Waals surface area contributed by atoms with Crippen molar-refractivity contribution < 1.29 is 13.9 Å². The maximum absolute atomic E-state index is 14.1. The molecule has 0 bridgehead atoms. The zero-order chi connectivity index (χ0) is 18.3. The number of halogens is 1. The molecule has 5 heteroatoms. The second-order valence-electron chi connectivity index (χ2n) is 8.42. The van der Waals surface area contributed by atoms with Gasteiger partial charge in [0.2, 0.25) is 5.91 Å². The van der Waals surface area contributed by atoms with E-state index in [0.717, 1.165) is 44.5 Å². The summed E-state index contributed by atoms with van der Waals surface area (Å²) in [5.74, 6) is 0.662. The van der Waals surface area contributed by atoms with Gasteiger partial charge in [0, 0.05) is 24.4 Å². The second-order valence-corrected chi connectivity index (χ2v) is 8.42. The normalized spacial score (nSPS) is 28.2. The molecule has 4 rings (SSSR count). The van der Waals surface area contributed by atoms with Gasteiger partial charge in [-0.05, 0) is 75.2 Å². The number of carbonyl (C=O) groups excluding carboxylic acids is 1. The van der Waals surface area contributed by atoms with E-state index in [1.54, 1.807) is 12.1 Å². The van der Waals surface area contributed by atoms with Crippen LogP contribution in [-0.2, 0) is 4.79 Å². The number of hydrogen-bond donors (Lipinski definition) is 1. The molecule has 1 aromatic rings. The van der Waals surface area contributed by atoms with Crippen LogP contribution in [0.25, 0.3) is 0 Å². The summed E-state index contributed by atoms with van der Waals surface area (Å²) >= 11 is 0. The first kappa shape index (κ1) is 17.8. The molecule has 4 nitrogen and oxygen atoms in total. The Bertz CT molecular complexity index is 679. The zero-order valence-corrected chi connectivity index (χ0v) is 15.8. The fourth-order valence-electron chi connectivity index (χ4n) is 5.37. The molecule has 0 aromatic heterocycles. The summed E-state index contributed by atoms with van der Waals surface area (Å²) in [4.78, 5) is 15.1. The van der Waals surface area contributed by atoms with E-state index in [1.807, 2.05) is 11.0 Å². The minimum atomic E-state index is -0.325.